The van der Waals surface area contributed by atoms with Crippen LogP contribution in [0.15, 0.2) is 60.7 Å². The van der Waals surface area contributed by atoms with Crippen LogP contribution in [-0.2, 0) is 4.57 Å². The van der Waals surface area contributed by atoms with Gasteiger partial charge in [0.15, 0.2) is 0 Å². The summed E-state index contributed by atoms with van der Waals surface area (Å²) >= 11 is 0. The third kappa shape index (κ3) is 3.46. The van der Waals surface area contributed by atoms with Crippen molar-refractivity contribution >= 4 is 7.75 Å². The van der Waals surface area contributed by atoms with Gasteiger partial charge >= 0.3 is 7.75 Å². The van der Waals surface area contributed by atoms with Crippen molar-refractivity contribution in [1.82, 2.24) is 4.67 Å². The Kier molecular flexibility index (Phi) is 4.28. The molecule has 21 heavy (non-hydrogen) atoms. The minimum Gasteiger partial charge on any atom is -0.404 e. The van der Waals surface area contributed by atoms with E-state index in [9.17, 15) is 4.57 Å². The maximum Gasteiger partial charge on any atom is 0.515 e. The van der Waals surface area contributed by atoms with Crippen molar-refractivity contribution in [3.05, 3.63) is 60.7 Å². The van der Waals surface area contributed by atoms with Crippen molar-refractivity contribution in [3.63, 3.8) is 0 Å². The molecule has 1 aliphatic heterocycles. The lowest BCUT2D eigenvalue weighted by Gasteiger charge is -2.26. The smallest absolute Gasteiger partial charge is 0.404 e. The zero-order chi connectivity index (χ0) is 14.5. The van der Waals surface area contributed by atoms with Crippen molar-refractivity contribution in [3.8, 4) is 11.5 Å². The van der Waals surface area contributed by atoms with E-state index in [1.165, 1.54) is 0 Å². The van der Waals surface area contributed by atoms with Gasteiger partial charge in [0.1, 0.15) is 11.5 Å². The van der Waals surface area contributed by atoms with Gasteiger partial charge in [0.25, 0.3) is 0 Å². The van der Waals surface area contributed by atoms with Crippen LogP contribution in [0, 0.1) is 0 Å². The minimum atomic E-state index is -3.38. The molecule has 2 aromatic carbocycles. The first-order chi connectivity index (χ1) is 10.3. The zero-order valence-electron chi connectivity index (χ0n) is 11.7. The fourth-order valence-electron chi connectivity index (χ4n) is 2.31. The van der Waals surface area contributed by atoms with Crippen LogP contribution in [0.2, 0.25) is 0 Å². The quantitative estimate of drug-likeness (QED) is 0.770. The number of hydrogen-bond acceptors (Lipinski definition) is 3. The summed E-state index contributed by atoms with van der Waals surface area (Å²) in [5.74, 6) is 1.12. The van der Waals surface area contributed by atoms with Crippen LogP contribution in [0.4, 0.5) is 0 Å². The Morgan fingerprint density at radius 3 is 1.62 bits per heavy atom. The number of rotatable bonds is 5. The van der Waals surface area contributed by atoms with Crippen LogP contribution in [0.3, 0.4) is 0 Å². The lowest BCUT2D eigenvalue weighted by Crippen LogP contribution is -2.22. The lowest BCUT2D eigenvalue weighted by molar-refractivity contribution is 0.307. The van der Waals surface area contributed by atoms with E-state index in [1.54, 1.807) is 24.3 Å². The molecular formula is C16H18NO3P. The molecule has 3 rings (SSSR count). The van der Waals surface area contributed by atoms with E-state index < -0.39 is 7.75 Å². The predicted octanol–water partition coefficient (Wildman–Crippen LogP) is 4.35. The molecule has 0 radical (unpaired) electrons. The number of hydrogen-bond donors (Lipinski definition) is 0. The van der Waals surface area contributed by atoms with Crippen molar-refractivity contribution in [2.75, 3.05) is 13.1 Å². The summed E-state index contributed by atoms with van der Waals surface area (Å²) in [4.78, 5) is 0. The highest BCUT2D eigenvalue weighted by Crippen LogP contribution is 2.53. The summed E-state index contributed by atoms with van der Waals surface area (Å²) < 4.78 is 26.5. The van der Waals surface area contributed by atoms with Crippen LogP contribution in [0.25, 0.3) is 0 Å². The second kappa shape index (κ2) is 6.33. The first kappa shape index (κ1) is 14.2. The standard InChI is InChI=1S/C16H18NO3P/c18-21(17-13-7-8-14-17,19-15-9-3-1-4-10-15)20-16-11-5-2-6-12-16/h1-6,9-12H,7-8,13-14H2. The largest absolute Gasteiger partial charge is 0.515 e. The summed E-state index contributed by atoms with van der Waals surface area (Å²) in [5, 5.41) is 0. The van der Waals surface area contributed by atoms with Gasteiger partial charge in [-0.15, -0.1) is 0 Å². The predicted molar refractivity (Wildman–Crippen MR) is 82.6 cm³/mol. The Morgan fingerprint density at radius 2 is 1.19 bits per heavy atom. The molecule has 4 nitrogen and oxygen atoms in total. The van der Waals surface area contributed by atoms with Crippen LogP contribution in [-0.4, -0.2) is 17.8 Å². The lowest BCUT2D eigenvalue weighted by atomic mass is 10.3. The molecule has 0 bridgehead atoms. The Bertz CT molecular complexity index is 566. The molecule has 1 heterocycles. The Labute approximate surface area is 124 Å². The minimum absolute atomic E-state index is 0.559. The Balaban J connectivity index is 1.85. The average Bonchev–Trinajstić information content (AvgIpc) is 3.04. The van der Waals surface area contributed by atoms with Gasteiger partial charge in [-0.3, -0.25) is 0 Å². The third-order valence-corrected chi connectivity index (χ3v) is 5.33. The zero-order valence-corrected chi connectivity index (χ0v) is 12.6. The second-order valence-electron chi connectivity index (χ2n) is 4.94. The SMILES string of the molecule is O=P(Oc1ccccc1)(Oc1ccccc1)N1CCCC1. The van der Waals surface area contributed by atoms with Gasteiger partial charge in [0.2, 0.25) is 0 Å². The van der Waals surface area contributed by atoms with Gasteiger partial charge in [-0.05, 0) is 37.1 Å². The van der Waals surface area contributed by atoms with E-state index in [-0.39, 0.29) is 0 Å². The maximum atomic E-state index is 13.2. The molecule has 1 fully saturated rings. The van der Waals surface area contributed by atoms with Crippen molar-refractivity contribution in [2.45, 2.75) is 12.8 Å². The third-order valence-electron chi connectivity index (χ3n) is 3.36. The average molecular weight is 303 g/mol. The fourth-order valence-corrected chi connectivity index (χ4v) is 4.13. The van der Waals surface area contributed by atoms with Crippen molar-refractivity contribution in [2.24, 2.45) is 0 Å². The first-order valence-corrected chi connectivity index (χ1v) is 8.61. The molecule has 110 valence electrons. The van der Waals surface area contributed by atoms with Gasteiger partial charge in [-0.1, -0.05) is 36.4 Å². The van der Waals surface area contributed by atoms with Gasteiger partial charge in [0, 0.05) is 13.1 Å². The number of nitrogens with zero attached hydrogens (tertiary/aromatic N) is 1. The summed E-state index contributed by atoms with van der Waals surface area (Å²) in [6.07, 6.45) is 2.03. The molecule has 2 aromatic rings. The highest BCUT2D eigenvalue weighted by molar-refractivity contribution is 7.52. The van der Waals surface area contributed by atoms with E-state index in [0.717, 1.165) is 25.9 Å². The van der Waals surface area contributed by atoms with E-state index in [2.05, 4.69) is 0 Å². The molecular weight excluding hydrogens is 285 g/mol. The Morgan fingerprint density at radius 1 is 0.762 bits per heavy atom. The molecule has 0 spiro atoms. The van der Waals surface area contributed by atoms with Crippen LogP contribution < -0.4 is 9.05 Å². The van der Waals surface area contributed by atoms with Crippen molar-refractivity contribution in [1.29, 1.82) is 0 Å². The van der Waals surface area contributed by atoms with E-state index in [4.69, 9.17) is 9.05 Å². The molecule has 0 aromatic heterocycles. The van der Waals surface area contributed by atoms with Gasteiger partial charge < -0.3 is 9.05 Å². The summed E-state index contributed by atoms with van der Waals surface area (Å²) in [7, 11) is -3.38. The molecule has 0 saturated carbocycles. The molecule has 0 unspecified atom stereocenters. The topological polar surface area (TPSA) is 38.8 Å². The highest BCUT2D eigenvalue weighted by atomic mass is 31.2. The summed E-state index contributed by atoms with van der Waals surface area (Å²) in [5.41, 5.74) is 0. The first-order valence-electron chi connectivity index (χ1n) is 7.11. The normalized spacial score (nSPS) is 15.8. The van der Waals surface area contributed by atoms with E-state index in [1.807, 2.05) is 41.1 Å². The molecule has 0 N–H and O–H groups in total. The van der Waals surface area contributed by atoms with Crippen LogP contribution >= 0.6 is 7.75 Å². The Hall–Kier alpha value is -1.77. The van der Waals surface area contributed by atoms with Crippen molar-refractivity contribution < 1.29 is 13.6 Å². The summed E-state index contributed by atoms with van der Waals surface area (Å²) in [6.45, 7) is 1.47. The molecule has 1 saturated heterocycles. The van der Waals surface area contributed by atoms with Crippen LogP contribution in [0.1, 0.15) is 12.8 Å². The van der Waals surface area contributed by atoms with E-state index >= 15 is 0 Å². The summed E-state index contributed by atoms with van der Waals surface area (Å²) in [6, 6.07) is 18.4. The highest BCUT2D eigenvalue weighted by Gasteiger charge is 2.38. The number of para-hydroxylation sites is 2. The molecule has 5 heteroatoms. The van der Waals surface area contributed by atoms with Crippen LogP contribution in [0.5, 0.6) is 11.5 Å². The van der Waals surface area contributed by atoms with E-state index in [0.29, 0.717) is 11.5 Å². The molecule has 0 amide bonds. The monoisotopic (exact) mass is 303 g/mol. The fraction of sp³-hybridized carbons (Fsp3) is 0.250. The number of benzene rings is 2. The van der Waals surface area contributed by atoms with Gasteiger partial charge in [0.05, 0.1) is 0 Å². The molecule has 0 aliphatic carbocycles. The molecule has 1 aliphatic rings. The molecule has 0 atom stereocenters. The van der Waals surface area contributed by atoms with Gasteiger partial charge in [-0.2, -0.15) is 4.67 Å². The maximum absolute atomic E-state index is 13.2. The second-order valence-corrected chi connectivity index (χ2v) is 6.81. The van der Waals surface area contributed by atoms with Gasteiger partial charge in [-0.25, -0.2) is 4.57 Å².